The van der Waals surface area contributed by atoms with E-state index in [2.05, 4.69) is 4.98 Å². The number of ether oxygens (including phenoxy) is 1. The van der Waals surface area contributed by atoms with Crippen LogP contribution < -0.4 is 15.4 Å². The van der Waals surface area contributed by atoms with Crippen LogP contribution in [0.5, 0.6) is 5.75 Å². The van der Waals surface area contributed by atoms with E-state index in [0.717, 1.165) is 11.1 Å². The van der Waals surface area contributed by atoms with Crippen LogP contribution in [-0.2, 0) is 17.9 Å². The van der Waals surface area contributed by atoms with Crippen molar-refractivity contribution in [2.75, 3.05) is 4.90 Å². The zero-order valence-electron chi connectivity index (χ0n) is 15.4. The molecule has 1 unspecified atom stereocenters. The lowest BCUT2D eigenvalue weighted by Crippen LogP contribution is -2.41. The zero-order chi connectivity index (χ0) is 20.4. The van der Waals surface area contributed by atoms with E-state index in [1.54, 1.807) is 12.1 Å². The molecular weight excluding hydrogens is 372 g/mol. The molecule has 146 valence electrons. The topological polar surface area (TPSA) is 112 Å². The normalized spacial score (nSPS) is 15.6. The smallest absolute Gasteiger partial charge is 0.366 e. The molecule has 1 aromatic heterocycles. The summed E-state index contributed by atoms with van der Waals surface area (Å²) in [6.45, 7) is 0.626. The maximum atomic E-state index is 13.3. The van der Waals surface area contributed by atoms with Crippen LogP contribution in [0, 0.1) is 10.1 Å². The average molecular weight is 390 g/mol. The first-order valence-corrected chi connectivity index (χ1v) is 9.03. The van der Waals surface area contributed by atoms with Gasteiger partial charge in [-0.2, -0.15) is 0 Å². The minimum Gasteiger partial charge on any atom is -0.469 e. The van der Waals surface area contributed by atoms with Crippen LogP contribution in [0.25, 0.3) is 0 Å². The highest BCUT2D eigenvalue weighted by atomic mass is 16.6. The van der Waals surface area contributed by atoms with E-state index < -0.39 is 11.0 Å². The number of benzene rings is 2. The predicted octanol–water partition coefficient (Wildman–Crippen LogP) is 3.12. The number of anilines is 1. The lowest BCUT2D eigenvalue weighted by molar-refractivity contribution is -0.389. The van der Waals surface area contributed by atoms with Crippen LogP contribution in [0.2, 0.25) is 0 Å². The van der Waals surface area contributed by atoms with Crippen LogP contribution in [0.3, 0.4) is 0 Å². The number of nitrogens with zero attached hydrogens (tertiary/aromatic N) is 3. The van der Waals surface area contributed by atoms with E-state index in [0.29, 0.717) is 17.9 Å². The van der Waals surface area contributed by atoms with Gasteiger partial charge in [0.25, 0.3) is 11.7 Å². The Hall–Kier alpha value is -3.78. The third-order valence-corrected chi connectivity index (χ3v) is 4.70. The fraction of sp³-hybridized carbons (Fsp3) is 0.143. The third kappa shape index (κ3) is 3.65. The van der Waals surface area contributed by atoms with Crippen molar-refractivity contribution in [2.45, 2.75) is 19.2 Å². The molecule has 1 atom stereocenters. The molecule has 0 spiro atoms. The van der Waals surface area contributed by atoms with Gasteiger partial charge in [0.15, 0.2) is 5.75 Å². The molecule has 4 rings (SSSR count). The zero-order valence-corrected chi connectivity index (χ0v) is 15.4. The summed E-state index contributed by atoms with van der Waals surface area (Å²) in [6.07, 6.45) is -0.852. The number of hydrogen-bond donors (Lipinski definition) is 1. The van der Waals surface area contributed by atoms with Crippen LogP contribution in [0.4, 0.5) is 11.6 Å². The Morgan fingerprint density at radius 2 is 1.72 bits per heavy atom. The Kier molecular flexibility index (Phi) is 4.92. The highest BCUT2D eigenvalue weighted by molar-refractivity contribution is 5.99. The molecule has 8 nitrogen and oxygen atoms in total. The average Bonchev–Trinajstić information content (AvgIpc) is 2.76. The molecule has 1 amide bonds. The van der Waals surface area contributed by atoms with Gasteiger partial charge >= 0.3 is 5.82 Å². The van der Waals surface area contributed by atoms with Crippen LogP contribution >= 0.6 is 0 Å². The summed E-state index contributed by atoms with van der Waals surface area (Å²) >= 11 is 0. The summed E-state index contributed by atoms with van der Waals surface area (Å²) in [6, 6.07) is 19.4. The number of amides is 1. The van der Waals surface area contributed by atoms with Crippen molar-refractivity contribution in [2.24, 2.45) is 5.73 Å². The van der Waals surface area contributed by atoms with Crippen molar-refractivity contribution in [3.8, 4) is 5.75 Å². The molecule has 29 heavy (non-hydrogen) atoms. The first-order chi connectivity index (χ1) is 14.1. The van der Waals surface area contributed by atoms with Gasteiger partial charge in [-0.3, -0.25) is 9.69 Å². The number of fused-ring (bicyclic) bond motifs is 1. The van der Waals surface area contributed by atoms with E-state index in [4.69, 9.17) is 10.5 Å². The van der Waals surface area contributed by atoms with E-state index in [1.807, 2.05) is 42.5 Å². The van der Waals surface area contributed by atoms with Crippen molar-refractivity contribution in [1.82, 2.24) is 4.98 Å². The van der Waals surface area contributed by atoms with Crippen molar-refractivity contribution < 1.29 is 14.5 Å². The summed E-state index contributed by atoms with van der Waals surface area (Å²) in [5.74, 6) is -0.219. The van der Waals surface area contributed by atoms with E-state index in [-0.39, 0.29) is 24.1 Å². The molecule has 0 bridgehead atoms. The molecule has 8 heteroatoms. The van der Waals surface area contributed by atoms with Crippen molar-refractivity contribution >= 4 is 17.5 Å². The molecule has 0 radical (unpaired) electrons. The first-order valence-electron chi connectivity index (χ1n) is 9.03. The molecule has 3 aromatic rings. The van der Waals surface area contributed by atoms with Gasteiger partial charge in [0.2, 0.25) is 6.10 Å². The van der Waals surface area contributed by atoms with E-state index >= 15 is 0 Å². The molecule has 0 saturated heterocycles. The summed E-state index contributed by atoms with van der Waals surface area (Å²) in [5.41, 5.74) is 8.16. The SMILES string of the molecule is NCc1ccc(CN2C(=O)C(c3ccccc3)Oc3ccc([N+](=O)[O-])nc32)cc1. The molecule has 0 saturated carbocycles. The molecule has 2 aromatic carbocycles. The standard InChI is InChI=1S/C21H18N4O4/c22-12-14-6-8-15(9-7-14)13-24-20-17(10-11-18(23-20)25(27)28)29-19(21(24)26)16-4-2-1-3-5-16/h1-11,19H,12-13,22H2. The highest BCUT2D eigenvalue weighted by Crippen LogP contribution is 2.39. The Morgan fingerprint density at radius 1 is 1.03 bits per heavy atom. The maximum absolute atomic E-state index is 13.3. The van der Waals surface area contributed by atoms with Gasteiger partial charge in [0.1, 0.15) is 0 Å². The Labute approximate surface area is 166 Å². The van der Waals surface area contributed by atoms with Gasteiger partial charge in [-0.25, -0.2) is 0 Å². The van der Waals surface area contributed by atoms with Crippen LogP contribution in [0.1, 0.15) is 22.8 Å². The number of rotatable bonds is 5. The van der Waals surface area contributed by atoms with E-state index in [1.165, 1.54) is 17.0 Å². The Morgan fingerprint density at radius 3 is 2.38 bits per heavy atom. The molecule has 0 fully saturated rings. The predicted molar refractivity (Wildman–Crippen MR) is 106 cm³/mol. The van der Waals surface area contributed by atoms with Crippen LogP contribution in [-0.4, -0.2) is 15.8 Å². The summed E-state index contributed by atoms with van der Waals surface area (Å²) in [5, 5.41) is 11.2. The second kappa shape index (κ2) is 7.69. The van der Waals surface area contributed by atoms with Crippen molar-refractivity contribution in [3.05, 3.63) is 93.5 Å². The van der Waals surface area contributed by atoms with Crippen molar-refractivity contribution in [3.63, 3.8) is 0 Å². The van der Waals surface area contributed by atoms with Gasteiger partial charge in [-0.1, -0.05) is 54.6 Å². The maximum Gasteiger partial charge on any atom is 0.366 e. The quantitative estimate of drug-likeness (QED) is 0.529. The highest BCUT2D eigenvalue weighted by Gasteiger charge is 2.39. The Balaban J connectivity index is 1.76. The van der Waals surface area contributed by atoms with Crippen molar-refractivity contribution in [1.29, 1.82) is 0 Å². The minimum absolute atomic E-state index is 0.138. The summed E-state index contributed by atoms with van der Waals surface area (Å²) in [7, 11) is 0. The number of nitrogens with two attached hydrogens (primary N) is 1. The largest absolute Gasteiger partial charge is 0.469 e. The first kappa shape index (κ1) is 18.6. The lowest BCUT2D eigenvalue weighted by atomic mass is 10.1. The second-order valence-electron chi connectivity index (χ2n) is 6.60. The number of carbonyl (C=O) groups excluding carboxylic acids is 1. The van der Waals surface area contributed by atoms with Gasteiger partial charge < -0.3 is 20.6 Å². The molecule has 1 aliphatic rings. The number of aromatic nitrogens is 1. The van der Waals surface area contributed by atoms with Gasteiger partial charge in [-0.05, 0) is 27.1 Å². The third-order valence-electron chi connectivity index (χ3n) is 4.70. The molecular formula is C21H18N4O4. The van der Waals surface area contributed by atoms with Crippen LogP contribution in [0.15, 0.2) is 66.7 Å². The fourth-order valence-electron chi connectivity index (χ4n) is 3.19. The fourth-order valence-corrected chi connectivity index (χ4v) is 3.19. The number of carbonyl (C=O) groups is 1. The van der Waals surface area contributed by atoms with Gasteiger partial charge in [0.05, 0.1) is 6.54 Å². The molecule has 2 heterocycles. The molecule has 0 aliphatic carbocycles. The Bertz CT molecular complexity index is 1050. The minimum atomic E-state index is -0.852. The molecule has 1 aliphatic heterocycles. The summed E-state index contributed by atoms with van der Waals surface area (Å²) in [4.78, 5) is 29.3. The molecule has 2 N–H and O–H groups in total. The number of hydrogen-bond acceptors (Lipinski definition) is 6. The van der Waals surface area contributed by atoms with Gasteiger partial charge in [-0.15, -0.1) is 0 Å². The summed E-state index contributed by atoms with van der Waals surface area (Å²) < 4.78 is 5.88. The van der Waals surface area contributed by atoms with E-state index in [9.17, 15) is 14.9 Å². The number of pyridine rings is 1. The second-order valence-corrected chi connectivity index (χ2v) is 6.60. The number of nitro groups is 1. The van der Waals surface area contributed by atoms with Gasteiger partial charge in [0, 0.05) is 18.2 Å². The lowest BCUT2D eigenvalue weighted by Gasteiger charge is -2.31. The monoisotopic (exact) mass is 390 g/mol.